The minimum absolute atomic E-state index is 0.145. The van der Waals surface area contributed by atoms with Gasteiger partial charge in [-0.3, -0.25) is 9.36 Å². The van der Waals surface area contributed by atoms with E-state index in [0.29, 0.717) is 16.7 Å². The van der Waals surface area contributed by atoms with Gasteiger partial charge in [-0.15, -0.1) is 0 Å². The van der Waals surface area contributed by atoms with Crippen molar-refractivity contribution in [1.29, 1.82) is 0 Å². The molecular formula is C20H21F2N3O6. The third kappa shape index (κ3) is 3.80. The predicted octanol–water partition coefficient (Wildman–Crippen LogP) is 1.09. The molecule has 0 saturated carbocycles. The lowest BCUT2D eigenvalue weighted by Gasteiger charge is -2.21. The summed E-state index contributed by atoms with van der Waals surface area (Å²) in [5, 5.41) is 21.1. The maximum absolute atomic E-state index is 14.2. The summed E-state index contributed by atoms with van der Waals surface area (Å²) in [6.07, 6.45) is -4.27. The second-order valence-corrected chi connectivity index (χ2v) is 8.15. The molecule has 3 atom stereocenters. The molecule has 2 aliphatic heterocycles. The Morgan fingerprint density at radius 1 is 1.35 bits per heavy atom. The first-order chi connectivity index (χ1) is 14.5. The first-order valence-electron chi connectivity index (χ1n) is 9.56. The number of halogens is 2. The van der Waals surface area contributed by atoms with Gasteiger partial charge in [-0.05, 0) is 37.6 Å². The zero-order valence-electron chi connectivity index (χ0n) is 16.7. The van der Waals surface area contributed by atoms with Gasteiger partial charge in [0.1, 0.15) is 23.3 Å². The van der Waals surface area contributed by atoms with Crippen molar-refractivity contribution in [2.75, 3.05) is 11.9 Å². The highest BCUT2D eigenvalue weighted by atomic mass is 19.3. The van der Waals surface area contributed by atoms with Crippen LogP contribution < -0.4 is 15.7 Å². The van der Waals surface area contributed by atoms with E-state index in [1.165, 1.54) is 0 Å². The van der Waals surface area contributed by atoms with Gasteiger partial charge in [0.05, 0.1) is 6.61 Å². The summed E-state index contributed by atoms with van der Waals surface area (Å²) in [6, 6.07) is 6.14. The van der Waals surface area contributed by atoms with Gasteiger partial charge in [0.2, 0.25) is 6.23 Å². The lowest BCUT2D eigenvalue weighted by Crippen LogP contribution is -2.41. The number of ether oxygens (including phenoxy) is 2. The van der Waals surface area contributed by atoms with Crippen LogP contribution in [0.3, 0.4) is 0 Å². The number of anilines is 1. The Labute approximate surface area is 175 Å². The number of carbonyl (C=O) groups is 1. The molecule has 11 heteroatoms. The van der Waals surface area contributed by atoms with Crippen LogP contribution in [0.4, 0.5) is 14.6 Å². The van der Waals surface area contributed by atoms with Crippen LogP contribution in [-0.2, 0) is 11.2 Å². The number of rotatable bonds is 4. The third-order valence-corrected chi connectivity index (χ3v) is 5.22. The Hall–Kier alpha value is -2.89. The molecule has 0 unspecified atom stereocenters. The van der Waals surface area contributed by atoms with Gasteiger partial charge in [-0.2, -0.15) is 13.8 Å². The molecule has 3 heterocycles. The number of carbonyl (C=O) groups excluding carboxylic acids is 1. The average molecular weight is 437 g/mol. The monoisotopic (exact) mass is 437 g/mol. The van der Waals surface area contributed by atoms with Crippen LogP contribution >= 0.6 is 0 Å². The highest BCUT2D eigenvalue weighted by Gasteiger charge is 2.59. The molecule has 2 aromatic rings. The van der Waals surface area contributed by atoms with E-state index in [0.717, 1.165) is 17.8 Å². The molecule has 1 amide bonds. The molecule has 0 bridgehead atoms. The van der Waals surface area contributed by atoms with Crippen molar-refractivity contribution in [3.63, 3.8) is 0 Å². The van der Waals surface area contributed by atoms with Gasteiger partial charge < -0.3 is 25.0 Å². The maximum atomic E-state index is 14.2. The summed E-state index contributed by atoms with van der Waals surface area (Å²) in [5.74, 6) is -3.92. The molecule has 31 heavy (non-hydrogen) atoms. The number of nitrogens with zero attached hydrogens (tertiary/aromatic N) is 2. The standard InChI is InChI=1S/C20H21F2N3O6/c1-19(2)8-11-4-3-10(7-12(11)31-19)16(28)23-14-5-6-25(18(29)24-14)17-20(21,22)15(27)13(9-26)30-17/h3-7,13,15,17,26-27H,8-9H2,1-2H3,(H,23,24,28,29)/t13-,15-,17-/m1/s1. The smallest absolute Gasteiger partial charge is 0.351 e. The van der Waals surface area contributed by atoms with Crippen molar-refractivity contribution in [2.24, 2.45) is 0 Å². The molecule has 0 radical (unpaired) electrons. The fraction of sp³-hybridized carbons (Fsp3) is 0.450. The first-order valence-corrected chi connectivity index (χ1v) is 9.56. The number of amides is 1. The van der Waals surface area contributed by atoms with Crippen LogP contribution in [0.15, 0.2) is 35.3 Å². The van der Waals surface area contributed by atoms with E-state index in [-0.39, 0.29) is 17.0 Å². The maximum Gasteiger partial charge on any atom is 0.351 e. The number of hydrogen-bond acceptors (Lipinski definition) is 7. The molecule has 166 valence electrons. The largest absolute Gasteiger partial charge is 0.487 e. The number of alkyl halides is 2. The summed E-state index contributed by atoms with van der Waals surface area (Å²) < 4.78 is 39.7. The fourth-order valence-corrected chi connectivity index (χ4v) is 3.70. The topological polar surface area (TPSA) is 123 Å². The number of hydrogen-bond donors (Lipinski definition) is 3. The molecule has 1 aromatic carbocycles. The van der Waals surface area contributed by atoms with E-state index in [4.69, 9.17) is 14.6 Å². The summed E-state index contributed by atoms with van der Waals surface area (Å²) in [5.41, 5.74) is -0.228. The van der Waals surface area contributed by atoms with Crippen molar-refractivity contribution in [3.8, 4) is 5.75 Å². The zero-order chi connectivity index (χ0) is 22.6. The second-order valence-electron chi connectivity index (χ2n) is 8.15. The Morgan fingerprint density at radius 3 is 2.74 bits per heavy atom. The summed E-state index contributed by atoms with van der Waals surface area (Å²) in [7, 11) is 0. The lowest BCUT2D eigenvalue weighted by molar-refractivity contribution is -0.140. The zero-order valence-corrected chi connectivity index (χ0v) is 16.7. The minimum atomic E-state index is -3.82. The molecule has 4 rings (SSSR count). The van der Waals surface area contributed by atoms with Gasteiger partial charge in [-0.25, -0.2) is 4.79 Å². The highest BCUT2D eigenvalue weighted by Crippen LogP contribution is 2.42. The van der Waals surface area contributed by atoms with Crippen LogP contribution in [-0.4, -0.2) is 56.0 Å². The summed E-state index contributed by atoms with van der Waals surface area (Å²) in [6.45, 7) is 3.03. The van der Waals surface area contributed by atoms with Crippen molar-refractivity contribution in [3.05, 3.63) is 52.1 Å². The van der Waals surface area contributed by atoms with Crippen LogP contribution in [0.25, 0.3) is 0 Å². The number of aliphatic hydroxyl groups excluding tert-OH is 2. The van der Waals surface area contributed by atoms with Gasteiger partial charge in [0, 0.05) is 18.2 Å². The summed E-state index contributed by atoms with van der Waals surface area (Å²) >= 11 is 0. The normalized spacial score (nSPS) is 25.7. The number of aliphatic hydroxyl groups is 2. The van der Waals surface area contributed by atoms with Gasteiger partial charge >= 0.3 is 11.6 Å². The SMILES string of the molecule is CC1(C)Cc2ccc(C(=O)Nc3ccn([C@@H]4O[C@H](CO)[C@@H](O)C4(F)F)c(=O)n3)cc2O1. The Balaban J connectivity index is 1.52. The Bertz CT molecular complexity index is 1090. The molecule has 1 saturated heterocycles. The molecule has 0 spiro atoms. The second kappa shape index (κ2) is 7.36. The van der Waals surface area contributed by atoms with E-state index in [1.807, 2.05) is 13.8 Å². The molecule has 1 aromatic heterocycles. The molecule has 0 aliphatic carbocycles. The average Bonchev–Trinajstić information content (AvgIpc) is 3.13. The van der Waals surface area contributed by atoms with Crippen molar-refractivity contribution >= 4 is 11.7 Å². The fourth-order valence-electron chi connectivity index (χ4n) is 3.70. The van der Waals surface area contributed by atoms with E-state index >= 15 is 0 Å². The van der Waals surface area contributed by atoms with Crippen LogP contribution in [0.5, 0.6) is 5.75 Å². The highest BCUT2D eigenvalue weighted by molar-refractivity contribution is 6.04. The molecule has 3 N–H and O–H groups in total. The number of aromatic nitrogens is 2. The minimum Gasteiger partial charge on any atom is -0.487 e. The quantitative estimate of drug-likeness (QED) is 0.655. The summed E-state index contributed by atoms with van der Waals surface area (Å²) in [4.78, 5) is 28.4. The van der Waals surface area contributed by atoms with E-state index < -0.39 is 42.6 Å². The predicted molar refractivity (Wildman–Crippen MR) is 103 cm³/mol. The van der Waals surface area contributed by atoms with E-state index in [1.54, 1.807) is 18.2 Å². The van der Waals surface area contributed by atoms with Crippen LogP contribution in [0.2, 0.25) is 0 Å². The molecule has 9 nitrogen and oxygen atoms in total. The number of benzene rings is 1. The Kier molecular flexibility index (Phi) is 5.07. The van der Waals surface area contributed by atoms with E-state index in [2.05, 4.69) is 10.3 Å². The molecular weight excluding hydrogens is 416 g/mol. The first kappa shape index (κ1) is 21.3. The molecule has 2 aliphatic rings. The number of fused-ring (bicyclic) bond motifs is 1. The molecule has 1 fully saturated rings. The lowest BCUT2D eigenvalue weighted by atomic mass is 10.0. The number of nitrogens with one attached hydrogen (secondary N) is 1. The van der Waals surface area contributed by atoms with Crippen molar-refractivity contribution < 1.29 is 33.3 Å². The van der Waals surface area contributed by atoms with Crippen LogP contribution in [0, 0.1) is 0 Å². The third-order valence-electron chi connectivity index (χ3n) is 5.22. The van der Waals surface area contributed by atoms with Gasteiger partial charge in [-0.1, -0.05) is 6.07 Å². The van der Waals surface area contributed by atoms with Gasteiger partial charge in [0.25, 0.3) is 5.91 Å². The van der Waals surface area contributed by atoms with Crippen molar-refractivity contribution in [2.45, 2.75) is 50.2 Å². The van der Waals surface area contributed by atoms with Gasteiger partial charge in [0.15, 0.2) is 6.10 Å². The van der Waals surface area contributed by atoms with Crippen molar-refractivity contribution in [1.82, 2.24) is 9.55 Å². The Morgan fingerprint density at radius 2 is 2.10 bits per heavy atom. The van der Waals surface area contributed by atoms with E-state index in [9.17, 15) is 23.5 Å². The van der Waals surface area contributed by atoms with Crippen LogP contribution in [0.1, 0.15) is 36.0 Å².